The second-order valence-corrected chi connectivity index (χ2v) is 5.69. The van der Waals surface area contributed by atoms with Crippen LogP contribution in [0.2, 0.25) is 5.02 Å². The number of nitrogens with one attached hydrogen (secondary N) is 1. The molecule has 1 aliphatic rings. The summed E-state index contributed by atoms with van der Waals surface area (Å²) in [5.74, 6) is 0.634. The second-order valence-electron chi connectivity index (χ2n) is 5.25. The van der Waals surface area contributed by atoms with E-state index in [0.717, 1.165) is 29.2 Å². The molecule has 1 aromatic heterocycles. The zero-order chi connectivity index (χ0) is 13.2. The van der Waals surface area contributed by atoms with E-state index in [0.29, 0.717) is 12.0 Å². The average molecular weight is 273 g/mol. The normalized spacial score (nSPS) is 21.8. The fourth-order valence-electron chi connectivity index (χ4n) is 2.56. The van der Waals surface area contributed by atoms with Gasteiger partial charge in [0.15, 0.2) is 0 Å². The highest BCUT2D eigenvalue weighted by Gasteiger charge is 2.30. The Kier molecular flexibility index (Phi) is 3.43. The molecule has 2 nitrogen and oxygen atoms in total. The van der Waals surface area contributed by atoms with Gasteiger partial charge in [0.25, 0.3) is 0 Å². The van der Waals surface area contributed by atoms with Gasteiger partial charge in [-0.15, -0.1) is 0 Å². The molecule has 0 radical (unpaired) electrons. The van der Waals surface area contributed by atoms with Gasteiger partial charge in [0.1, 0.15) is 0 Å². The largest absolute Gasteiger partial charge is 0.381 e. The van der Waals surface area contributed by atoms with E-state index in [1.165, 1.54) is 5.56 Å². The van der Waals surface area contributed by atoms with Crippen LogP contribution in [0.25, 0.3) is 0 Å². The minimum atomic E-state index is 0.550. The molecule has 2 aromatic rings. The summed E-state index contributed by atoms with van der Waals surface area (Å²) in [6.07, 6.45) is 4.23. The van der Waals surface area contributed by atoms with Crippen LogP contribution >= 0.6 is 11.6 Å². The molecule has 3 rings (SSSR count). The van der Waals surface area contributed by atoms with E-state index in [1.54, 1.807) is 0 Å². The molecular formula is C16H17ClN2. The van der Waals surface area contributed by atoms with Gasteiger partial charge in [0.05, 0.1) is 11.9 Å². The number of pyridine rings is 1. The molecule has 1 fully saturated rings. The third kappa shape index (κ3) is 2.90. The maximum Gasteiger partial charge on any atom is 0.0529 e. The monoisotopic (exact) mass is 272 g/mol. The first-order chi connectivity index (χ1) is 9.20. The van der Waals surface area contributed by atoms with Gasteiger partial charge in [-0.1, -0.05) is 23.7 Å². The maximum absolute atomic E-state index is 6.03. The Labute approximate surface area is 118 Å². The first-order valence-electron chi connectivity index (χ1n) is 6.65. The minimum Gasteiger partial charge on any atom is -0.381 e. The highest BCUT2D eigenvalue weighted by molar-refractivity contribution is 6.30. The number of hydrogen-bond acceptors (Lipinski definition) is 2. The Balaban J connectivity index is 1.57. The summed E-state index contributed by atoms with van der Waals surface area (Å²) in [7, 11) is 0. The van der Waals surface area contributed by atoms with Gasteiger partial charge in [0.2, 0.25) is 0 Å². The van der Waals surface area contributed by atoms with Crippen molar-refractivity contribution in [2.75, 3.05) is 5.32 Å². The van der Waals surface area contributed by atoms with Gasteiger partial charge in [0, 0.05) is 16.8 Å². The Morgan fingerprint density at radius 3 is 2.74 bits per heavy atom. The molecule has 1 aliphatic carbocycles. The number of hydrogen-bond donors (Lipinski definition) is 1. The Hall–Kier alpha value is -1.54. The first kappa shape index (κ1) is 12.5. The molecule has 0 unspecified atom stereocenters. The van der Waals surface area contributed by atoms with Crippen molar-refractivity contribution in [1.29, 1.82) is 0 Å². The number of benzene rings is 1. The van der Waals surface area contributed by atoms with Crippen molar-refractivity contribution in [3.05, 3.63) is 58.9 Å². The summed E-state index contributed by atoms with van der Waals surface area (Å²) in [4.78, 5) is 4.30. The van der Waals surface area contributed by atoms with E-state index >= 15 is 0 Å². The SMILES string of the molecule is Cc1ccc(NC2CC(c3cccc(Cl)c3)C2)cn1. The number of aryl methyl sites for hydroxylation is 1. The Bertz CT molecular complexity index is 559. The van der Waals surface area contributed by atoms with E-state index < -0.39 is 0 Å². The van der Waals surface area contributed by atoms with Crippen LogP contribution in [0.3, 0.4) is 0 Å². The van der Waals surface area contributed by atoms with Crippen LogP contribution in [0.1, 0.15) is 30.0 Å². The first-order valence-corrected chi connectivity index (χ1v) is 7.03. The summed E-state index contributed by atoms with van der Waals surface area (Å²) in [6.45, 7) is 2.00. The molecule has 0 spiro atoms. The van der Waals surface area contributed by atoms with E-state index in [1.807, 2.05) is 31.3 Å². The molecule has 0 amide bonds. The molecule has 98 valence electrons. The van der Waals surface area contributed by atoms with Crippen molar-refractivity contribution in [2.45, 2.75) is 31.7 Å². The van der Waals surface area contributed by atoms with Crippen LogP contribution in [0.4, 0.5) is 5.69 Å². The average Bonchev–Trinajstić information content (AvgIpc) is 2.35. The molecule has 1 aromatic carbocycles. The lowest BCUT2D eigenvalue weighted by atomic mass is 9.76. The van der Waals surface area contributed by atoms with Crippen LogP contribution in [0.15, 0.2) is 42.6 Å². The molecular weight excluding hydrogens is 256 g/mol. The lowest BCUT2D eigenvalue weighted by molar-refractivity contribution is 0.374. The van der Waals surface area contributed by atoms with E-state index in [2.05, 4.69) is 28.5 Å². The van der Waals surface area contributed by atoms with Crippen LogP contribution in [0, 0.1) is 6.92 Å². The van der Waals surface area contributed by atoms with E-state index in [9.17, 15) is 0 Å². The van der Waals surface area contributed by atoms with Gasteiger partial charge >= 0.3 is 0 Å². The van der Waals surface area contributed by atoms with Crippen molar-refractivity contribution in [3.8, 4) is 0 Å². The van der Waals surface area contributed by atoms with Crippen molar-refractivity contribution in [3.63, 3.8) is 0 Å². The van der Waals surface area contributed by atoms with Crippen LogP contribution in [-0.4, -0.2) is 11.0 Å². The number of anilines is 1. The van der Waals surface area contributed by atoms with E-state index in [4.69, 9.17) is 11.6 Å². The molecule has 0 saturated heterocycles. The van der Waals surface area contributed by atoms with Gasteiger partial charge in [-0.05, 0) is 55.5 Å². The summed E-state index contributed by atoms with van der Waals surface area (Å²) < 4.78 is 0. The van der Waals surface area contributed by atoms with Gasteiger partial charge in [-0.2, -0.15) is 0 Å². The van der Waals surface area contributed by atoms with Crippen LogP contribution in [-0.2, 0) is 0 Å². The number of rotatable bonds is 3. The Morgan fingerprint density at radius 1 is 1.21 bits per heavy atom. The van der Waals surface area contributed by atoms with E-state index in [-0.39, 0.29) is 0 Å². The molecule has 0 atom stereocenters. The zero-order valence-corrected chi connectivity index (χ0v) is 11.7. The molecule has 0 aliphatic heterocycles. The zero-order valence-electron chi connectivity index (χ0n) is 10.9. The van der Waals surface area contributed by atoms with Crippen LogP contribution < -0.4 is 5.32 Å². The Morgan fingerprint density at radius 2 is 2.05 bits per heavy atom. The second kappa shape index (κ2) is 5.22. The summed E-state index contributed by atoms with van der Waals surface area (Å²) in [5, 5.41) is 4.35. The van der Waals surface area contributed by atoms with Gasteiger partial charge < -0.3 is 5.32 Å². The van der Waals surface area contributed by atoms with Crippen molar-refractivity contribution in [1.82, 2.24) is 4.98 Å². The minimum absolute atomic E-state index is 0.550. The van der Waals surface area contributed by atoms with Gasteiger partial charge in [-0.3, -0.25) is 4.98 Å². The predicted octanol–water partition coefficient (Wildman–Crippen LogP) is 4.40. The number of nitrogens with zero attached hydrogens (tertiary/aromatic N) is 1. The molecule has 3 heteroatoms. The molecule has 0 bridgehead atoms. The molecule has 1 N–H and O–H groups in total. The third-order valence-corrected chi connectivity index (χ3v) is 3.98. The summed E-state index contributed by atoms with van der Waals surface area (Å²) in [5.41, 5.74) is 3.52. The summed E-state index contributed by atoms with van der Waals surface area (Å²) in [6, 6.07) is 12.9. The van der Waals surface area contributed by atoms with Crippen molar-refractivity contribution in [2.24, 2.45) is 0 Å². The quantitative estimate of drug-likeness (QED) is 0.896. The fraction of sp³-hybridized carbons (Fsp3) is 0.312. The third-order valence-electron chi connectivity index (χ3n) is 3.74. The lowest BCUT2D eigenvalue weighted by Gasteiger charge is -2.36. The number of aromatic nitrogens is 1. The smallest absolute Gasteiger partial charge is 0.0529 e. The highest BCUT2D eigenvalue weighted by Crippen LogP contribution is 2.39. The highest BCUT2D eigenvalue weighted by atomic mass is 35.5. The lowest BCUT2D eigenvalue weighted by Crippen LogP contribution is -2.34. The standard InChI is InChI=1S/C16H17ClN2/c1-11-5-6-15(10-18-11)19-16-8-13(9-16)12-3-2-4-14(17)7-12/h2-7,10,13,16,19H,8-9H2,1H3. The van der Waals surface area contributed by atoms with Crippen molar-refractivity contribution >= 4 is 17.3 Å². The molecule has 1 saturated carbocycles. The topological polar surface area (TPSA) is 24.9 Å². The maximum atomic E-state index is 6.03. The molecule has 1 heterocycles. The van der Waals surface area contributed by atoms with Crippen molar-refractivity contribution < 1.29 is 0 Å². The fourth-order valence-corrected chi connectivity index (χ4v) is 2.76. The predicted molar refractivity (Wildman–Crippen MR) is 79.8 cm³/mol. The number of halogens is 1. The van der Waals surface area contributed by atoms with Crippen LogP contribution in [0.5, 0.6) is 0 Å². The van der Waals surface area contributed by atoms with Gasteiger partial charge in [-0.25, -0.2) is 0 Å². The summed E-state index contributed by atoms with van der Waals surface area (Å²) >= 11 is 6.03. The molecule has 19 heavy (non-hydrogen) atoms.